The minimum atomic E-state index is 0.0213. The number of aryl methyl sites for hydroxylation is 1. The lowest BCUT2D eigenvalue weighted by Crippen LogP contribution is -2.37. The van der Waals surface area contributed by atoms with Gasteiger partial charge < -0.3 is 10.6 Å². The average Bonchev–Trinajstić information content (AvgIpc) is 3.08. The first kappa shape index (κ1) is 15.8. The summed E-state index contributed by atoms with van der Waals surface area (Å²) in [6.07, 6.45) is 7.61. The Balaban J connectivity index is 1.59. The Morgan fingerprint density at radius 2 is 2.16 bits per heavy atom. The molecule has 2 aromatic heterocycles. The van der Waals surface area contributed by atoms with Crippen LogP contribution in [0.5, 0.6) is 0 Å². The molecule has 1 aromatic carbocycles. The number of nitrogens with one attached hydrogen (secondary N) is 2. The van der Waals surface area contributed by atoms with Crippen molar-refractivity contribution < 1.29 is 4.79 Å². The topological polar surface area (TPSA) is 71.8 Å². The lowest BCUT2D eigenvalue weighted by molar-refractivity contribution is -0.120. The molecule has 3 aromatic rings. The van der Waals surface area contributed by atoms with Crippen molar-refractivity contribution in [3.05, 3.63) is 42.9 Å². The highest BCUT2D eigenvalue weighted by atomic mass is 16.2. The van der Waals surface area contributed by atoms with E-state index in [2.05, 4.69) is 32.8 Å². The summed E-state index contributed by atoms with van der Waals surface area (Å²) in [5.74, 6) is 0.668. The van der Waals surface area contributed by atoms with E-state index in [1.807, 2.05) is 31.6 Å². The fraction of sp³-hybridized carbons (Fsp3) is 0.316. The van der Waals surface area contributed by atoms with Gasteiger partial charge >= 0.3 is 0 Å². The standard InChI is InChI=1S/C19H21N5O/c1-24-12-17(11-22-24)13-4-5-14-10-21-18(8-16(14)7-13)23-19(25)15-3-2-6-20-9-15/h4-5,7-8,10-12,15,20H,2-3,6,9H2,1H3,(H,21,23,25)/t15-/m1/s1. The molecule has 1 aliphatic rings. The zero-order valence-corrected chi connectivity index (χ0v) is 14.2. The summed E-state index contributed by atoms with van der Waals surface area (Å²) in [6.45, 7) is 1.74. The molecule has 128 valence electrons. The summed E-state index contributed by atoms with van der Waals surface area (Å²) in [5, 5.41) is 12.5. The zero-order chi connectivity index (χ0) is 17.2. The lowest BCUT2D eigenvalue weighted by Gasteiger charge is -2.21. The van der Waals surface area contributed by atoms with Gasteiger partial charge in [0.05, 0.1) is 12.1 Å². The number of carbonyl (C=O) groups excluding carboxylic acids is 1. The Kier molecular flexibility index (Phi) is 4.19. The fourth-order valence-electron chi connectivity index (χ4n) is 3.26. The van der Waals surface area contributed by atoms with Crippen molar-refractivity contribution in [2.24, 2.45) is 13.0 Å². The molecule has 1 amide bonds. The molecule has 0 unspecified atom stereocenters. The molecular weight excluding hydrogens is 314 g/mol. The minimum absolute atomic E-state index is 0.0213. The van der Waals surface area contributed by atoms with E-state index in [9.17, 15) is 4.79 Å². The molecule has 3 heterocycles. The van der Waals surface area contributed by atoms with E-state index in [1.54, 1.807) is 10.9 Å². The highest BCUT2D eigenvalue weighted by Crippen LogP contribution is 2.25. The molecule has 1 atom stereocenters. The van der Waals surface area contributed by atoms with Crippen LogP contribution in [-0.4, -0.2) is 33.8 Å². The van der Waals surface area contributed by atoms with Gasteiger partial charge in [0.15, 0.2) is 0 Å². The maximum Gasteiger partial charge on any atom is 0.229 e. The second-order valence-corrected chi connectivity index (χ2v) is 6.57. The number of hydrogen-bond donors (Lipinski definition) is 2. The van der Waals surface area contributed by atoms with Gasteiger partial charge in [-0.15, -0.1) is 0 Å². The van der Waals surface area contributed by atoms with Gasteiger partial charge in [-0.3, -0.25) is 9.48 Å². The average molecular weight is 335 g/mol. The summed E-state index contributed by atoms with van der Waals surface area (Å²) in [5.41, 5.74) is 2.17. The van der Waals surface area contributed by atoms with E-state index in [4.69, 9.17) is 0 Å². The first-order valence-electron chi connectivity index (χ1n) is 8.59. The molecule has 0 spiro atoms. The fourth-order valence-corrected chi connectivity index (χ4v) is 3.26. The number of aromatic nitrogens is 3. The van der Waals surface area contributed by atoms with Crippen molar-refractivity contribution in [3.63, 3.8) is 0 Å². The van der Waals surface area contributed by atoms with Crippen LogP contribution in [-0.2, 0) is 11.8 Å². The van der Waals surface area contributed by atoms with E-state index in [1.165, 1.54) is 0 Å². The monoisotopic (exact) mass is 335 g/mol. The number of piperidine rings is 1. The molecule has 1 saturated heterocycles. The maximum atomic E-state index is 12.4. The molecule has 25 heavy (non-hydrogen) atoms. The molecule has 1 aliphatic heterocycles. The maximum absolute atomic E-state index is 12.4. The van der Waals surface area contributed by atoms with E-state index in [0.717, 1.165) is 47.8 Å². The van der Waals surface area contributed by atoms with E-state index < -0.39 is 0 Å². The summed E-state index contributed by atoms with van der Waals surface area (Å²) in [4.78, 5) is 16.8. The lowest BCUT2D eigenvalue weighted by atomic mass is 9.99. The van der Waals surface area contributed by atoms with Crippen LogP contribution in [0, 0.1) is 5.92 Å². The third-order valence-electron chi connectivity index (χ3n) is 4.68. The second-order valence-electron chi connectivity index (χ2n) is 6.57. The molecule has 0 saturated carbocycles. The van der Waals surface area contributed by atoms with Crippen molar-refractivity contribution in [2.45, 2.75) is 12.8 Å². The molecule has 1 fully saturated rings. The first-order chi connectivity index (χ1) is 12.2. The number of hydrogen-bond acceptors (Lipinski definition) is 4. The van der Waals surface area contributed by atoms with Crippen LogP contribution in [0.15, 0.2) is 42.9 Å². The number of rotatable bonds is 3. The summed E-state index contributed by atoms with van der Waals surface area (Å²) in [7, 11) is 1.90. The number of anilines is 1. The molecule has 2 N–H and O–H groups in total. The number of amides is 1. The molecule has 0 bridgehead atoms. The molecular formula is C19H21N5O. The Morgan fingerprint density at radius 3 is 2.92 bits per heavy atom. The number of fused-ring (bicyclic) bond motifs is 1. The van der Waals surface area contributed by atoms with E-state index >= 15 is 0 Å². The van der Waals surface area contributed by atoms with Gasteiger partial charge in [0.25, 0.3) is 0 Å². The molecule has 4 rings (SSSR count). The third-order valence-corrected chi connectivity index (χ3v) is 4.68. The quantitative estimate of drug-likeness (QED) is 0.772. The Morgan fingerprint density at radius 1 is 1.24 bits per heavy atom. The van der Waals surface area contributed by atoms with Crippen LogP contribution in [0.4, 0.5) is 5.82 Å². The smallest absolute Gasteiger partial charge is 0.229 e. The van der Waals surface area contributed by atoms with Crippen LogP contribution in [0.3, 0.4) is 0 Å². The molecule has 0 radical (unpaired) electrons. The van der Waals surface area contributed by atoms with Crippen molar-refractivity contribution >= 4 is 22.5 Å². The summed E-state index contributed by atoms with van der Waals surface area (Å²) in [6, 6.07) is 8.14. The minimum Gasteiger partial charge on any atom is -0.316 e. The van der Waals surface area contributed by atoms with Crippen LogP contribution in [0.25, 0.3) is 21.9 Å². The van der Waals surface area contributed by atoms with Crippen molar-refractivity contribution in [1.82, 2.24) is 20.1 Å². The van der Waals surface area contributed by atoms with Gasteiger partial charge in [0, 0.05) is 36.9 Å². The highest BCUT2D eigenvalue weighted by molar-refractivity contribution is 5.95. The van der Waals surface area contributed by atoms with E-state index in [0.29, 0.717) is 5.82 Å². The first-order valence-corrected chi connectivity index (χ1v) is 8.59. The Labute approximate surface area is 146 Å². The van der Waals surface area contributed by atoms with Crippen LogP contribution >= 0.6 is 0 Å². The van der Waals surface area contributed by atoms with Gasteiger partial charge in [-0.1, -0.05) is 12.1 Å². The van der Waals surface area contributed by atoms with Gasteiger partial charge in [0.2, 0.25) is 5.91 Å². The normalized spacial score (nSPS) is 17.6. The zero-order valence-electron chi connectivity index (χ0n) is 14.2. The predicted molar refractivity (Wildman–Crippen MR) is 98.2 cm³/mol. The third kappa shape index (κ3) is 3.39. The van der Waals surface area contributed by atoms with Gasteiger partial charge in [0.1, 0.15) is 5.82 Å². The highest BCUT2D eigenvalue weighted by Gasteiger charge is 2.21. The van der Waals surface area contributed by atoms with Crippen molar-refractivity contribution in [1.29, 1.82) is 0 Å². The number of pyridine rings is 1. The van der Waals surface area contributed by atoms with Crippen LogP contribution in [0.1, 0.15) is 12.8 Å². The SMILES string of the molecule is Cn1cc(-c2ccc3cnc(NC(=O)[C@@H]4CCCNC4)cc3c2)cn1. The second kappa shape index (κ2) is 6.64. The largest absolute Gasteiger partial charge is 0.316 e. The molecule has 6 heteroatoms. The Hall–Kier alpha value is -2.73. The number of carbonyl (C=O) groups is 1. The van der Waals surface area contributed by atoms with Gasteiger partial charge in [-0.05, 0) is 42.5 Å². The molecule has 6 nitrogen and oxygen atoms in total. The Bertz CT molecular complexity index is 911. The number of benzene rings is 1. The van der Waals surface area contributed by atoms with Crippen molar-refractivity contribution in [2.75, 3.05) is 18.4 Å². The van der Waals surface area contributed by atoms with E-state index in [-0.39, 0.29) is 11.8 Å². The summed E-state index contributed by atoms with van der Waals surface area (Å²) < 4.78 is 1.79. The predicted octanol–water partition coefficient (Wildman–Crippen LogP) is 2.57. The van der Waals surface area contributed by atoms with Crippen molar-refractivity contribution in [3.8, 4) is 11.1 Å². The number of nitrogens with zero attached hydrogens (tertiary/aromatic N) is 3. The van der Waals surface area contributed by atoms with Gasteiger partial charge in [-0.2, -0.15) is 5.10 Å². The van der Waals surface area contributed by atoms with Crippen LogP contribution in [0.2, 0.25) is 0 Å². The van der Waals surface area contributed by atoms with Crippen LogP contribution < -0.4 is 10.6 Å². The van der Waals surface area contributed by atoms with Gasteiger partial charge in [-0.25, -0.2) is 4.98 Å². The molecule has 0 aliphatic carbocycles. The summed E-state index contributed by atoms with van der Waals surface area (Å²) >= 11 is 0.